The highest BCUT2D eigenvalue weighted by Gasteiger charge is 2.16. The first kappa shape index (κ1) is 14.5. The predicted octanol–water partition coefficient (Wildman–Crippen LogP) is 1.99. The molecule has 2 rings (SSSR count). The average molecular weight is 280 g/mol. The van der Waals surface area contributed by atoms with Crippen LogP contribution in [0.15, 0.2) is 18.2 Å². The van der Waals surface area contributed by atoms with Crippen molar-refractivity contribution < 1.29 is 19.0 Å². The van der Waals surface area contributed by atoms with Gasteiger partial charge in [0.15, 0.2) is 11.5 Å². The lowest BCUT2D eigenvalue weighted by molar-refractivity contribution is 0.0497. The summed E-state index contributed by atoms with van der Waals surface area (Å²) in [7, 11) is 0. The molecule has 0 unspecified atom stereocenters. The standard InChI is InChI=1S/C14H20N2O4/c1-14(2,3)20-13(17)16-15-9-10-4-5-11-12(8-10)19-7-6-18-11/h4-5,8,15H,6-7,9H2,1-3H3,(H,16,17). The second-order valence-electron chi connectivity index (χ2n) is 5.46. The molecular weight excluding hydrogens is 260 g/mol. The summed E-state index contributed by atoms with van der Waals surface area (Å²) in [4.78, 5) is 11.4. The maximum absolute atomic E-state index is 11.4. The molecule has 2 N–H and O–H groups in total. The third-order valence-corrected chi connectivity index (χ3v) is 2.49. The Morgan fingerprint density at radius 3 is 2.65 bits per heavy atom. The number of hydrazine groups is 1. The van der Waals surface area contributed by atoms with E-state index in [1.165, 1.54) is 0 Å². The van der Waals surface area contributed by atoms with Crippen LogP contribution in [0.1, 0.15) is 26.3 Å². The normalized spacial score (nSPS) is 13.8. The SMILES string of the molecule is CC(C)(C)OC(=O)NNCc1ccc2c(c1)OCCO2. The van der Waals surface area contributed by atoms with E-state index in [0.717, 1.165) is 17.1 Å². The minimum absolute atomic E-state index is 0.468. The van der Waals surface area contributed by atoms with E-state index in [0.29, 0.717) is 19.8 Å². The highest BCUT2D eigenvalue weighted by atomic mass is 16.6. The minimum Gasteiger partial charge on any atom is -0.486 e. The van der Waals surface area contributed by atoms with Gasteiger partial charge >= 0.3 is 6.09 Å². The zero-order valence-electron chi connectivity index (χ0n) is 12.0. The first-order valence-corrected chi connectivity index (χ1v) is 6.54. The lowest BCUT2D eigenvalue weighted by Crippen LogP contribution is -2.40. The Bertz CT molecular complexity index is 483. The van der Waals surface area contributed by atoms with Crippen LogP contribution in [0.5, 0.6) is 11.5 Å². The summed E-state index contributed by atoms with van der Waals surface area (Å²) in [6.07, 6.45) is -0.505. The zero-order chi connectivity index (χ0) is 14.6. The molecule has 1 aromatic carbocycles. The summed E-state index contributed by atoms with van der Waals surface area (Å²) in [6.45, 7) is 7.04. The molecule has 0 saturated carbocycles. The van der Waals surface area contributed by atoms with Crippen molar-refractivity contribution in [1.29, 1.82) is 0 Å². The number of benzene rings is 1. The maximum atomic E-state index is 11.4. The molecule has 6 heteroatoms. The predicted molar refractivity (Wildman–Crippen MR) is 73.6 cm³/mol. The van der Waals surface area contributed by atoms with Gasteiger partial charge in [0.25, 0.3) is 0 Å². The first-order chi connectivity index (χ1) is 9.44. The van der Waals surface area contributed by atoms with Crippen LogP contribution in [-0.4, -0.2) is 24.9 Å². The molecule has 0 fully saturated rings. The van der Waals surface area contributed by atoms with E-state index >= 15 is 0 Å². The minimum atomic E-state index is -0.511. The smallest absolute Gasteiger partial charge is 0.422 e. The van der Waals surface area contributed by atoms with Gasteiger partial charge in [-0.1, -0.05) is 6.07 Å². The third kappa shape index (κ3) is 4.31. The average Bonchev–Trinajstić information content (AvgIpc) is 2.36. The van der Waals surface area contributed by atoms with Crippen LogP contribution in [0.25, 0.3) is 0 Å². The lowest BCUT2D eigenvalue weighted by Gasteiger charge is -2.20. The molecule has 0 atom stereocenters. The topological polar surface area (TPSA) is 68.8 Å². The molecule has 0 saturated heterocycles. The monoisotopic (exact) mass is 280 g/mol. The van der Waals surface area contributed by atoms with Crippen molar-refractivity contribution in [2.75, 3.05) is 13.2 Å². The molecular formula is C14H20N2O4. The van der Waals surface area contributed by atoms with Crippen molar-refractivity contribution in [1.82, 2.24) is 10.9 Å². The van der Waals surface area contributed by atoms with E-state index < -0.39 is 11.7 Å². The van der Waals surface area contributed by atoms with Crippen LogP contribution in [0.3, 0.4) is 0 Å². The highest BCUT2D eigenvalue weighted by molar-refractivity contribution is 5.67. The largest absolute Gasteiger partial charge is 0.486 e. The number of hydrogen-bond acceptors (Lipinski definition) is 5. The summed E-state index contributed by atoms with van der Waals surface area (Å²) >= 11 is 0. The summed E-state index contributed by atoms with van der Waals surface area (Å²) in [5.41, 5.74) is 5.76. The highest BCUT2D eigenvalue weighted by Crippen LogP contribution is 2.30. The molecule has 110 valence electrons. The van der Waals surface area contributed by atoms with Crippen molar-refractivity contribution in [3.63, 3.8) is 0 Å². The van der Waals surface area contributed by atoms with E-state index in [9.17, 15) is 4.79 Å². The van der Waals surface area contributed by atoms with Gasteiger partial charge in [0.2, 0.25) is 0 Å². The number of nitrogens with one attached hydrogen (secondary N) is 2. The van der Waals surface area contributed by atoms with Crippen molar-refractivity contribution in [2.45, 2.75) is 32.9 Å². The van der Waals surface area contributed by atoms with Gasteiger partial charge in [-0.2, -0.15) is 0 Å². The fourth-order valence-corrected chi connectivity index (χ4v) is 1.72. The van der Waals surface area contributed by atoms with Gasteiger partial charge < -0.3 is 14.2 Å². The van der Waals surface area contributed by atoms with E-state index in [1.807, 2.05) is 39.0 Å². The molecule has 1 aromatic rings. The Morgan fingerprint density at radius 1 is 1.25 bits per heavy atom. The Kier molecular flexibility index (Phi) is 4.34. The fourth-order valence-electron chi connectivity index (χ4n) is 1.72. The number of carbonyl (C=O) groups is 1. The number of ether oxygens (including phenoxy) is 3. The van der Waals surface area contributed by atoms with Crippen LogP contribution in [0.4, 0.5) is 4.79 Å². The van der Waals surface area contributed by atoms with Crippen LogP contribution in [0, 0.1) is 0 Å². The third-order valence-electron chi connectivity index (χ3n) is 2.49. The Hall–Kier alpha value is -1.95. The van der Waals surface area contributed by atoms with Gasteiger partial charge in [-0.05, 0) is 38.5 Å². The van der Waals surface area contributed by atoms with Crippen molar-refractivity contribution in [3.8, 4) is 11.5 Å². The molecule has 1 amide bonds. The number of amides is 1. The second-order valence-corrected chi connectivity index (χ2v) is 5.46. The lowest BCUT2D eigenvalue weighted by atomic mass is 10.2. The number of rotatable bonds is 3. The molecule has 1 heterocycles. The molecule has 6 nitrogen and oxygen atoms in total. The van der Waals surface area contributed by atoms with Gasteiger partial charge in [0.1, 0.15) is 18.8 Å². The van der Waals surface area contributed by atoms with Crippen molar-refractivity contribution in [2.24, 2.45) is 0 Å². The summed E-state index contributed by atoms with van der Waals surface area (Å²) in [6, 6.07) is 5.66. The van der Waals surface area contributed by atoms with Crippen molar-refractivity contribution in [3.05, 3.63) is 23.8 Å². The van der Waals surface area contributed by atoms with E-state index in [1.54, 1.807) is 0 Å². The second kappa shape index (κ2) is 6.00. The summed E-state index contributed by atoms with van der Waals surface area (Å²) < 4.78 is 16.0. The Morgan fingerprint density at radius 2 is 1.95 bits per heavy atom. The Labute approximate surface area is 118 Å². The van der Waals surface area contributed by atoms with E-state index in [4.69, 9.17) is 14.2 Å². The molecule has 1 aliphatic heterocycles. The maximum Gasteiger partial charge on any atom is 0.422 e. The fraction of sp³-hybridized carbons (Fsp3) is 0.500. The molecule has 1 aliphatic rings. The number of hydrogen-bond donors (Lipinski definition) is 2. The van der Waals surface area contributed by atoms with E-state index in [2.05, 4.69) is 10.9 Å². The zero-order valence-corrected chi connectivity index (χ0v) is 12.0. The van der Waals surface area contributed by atoms with Crippen LogP contribution < -0.4 is 20.3 Å². The Balaban J connectivity index is 1.81. The molecule has 0 radical (unpaired) electrons. The van der Waals surface area contributed by atoms with Crippen LogP contribution in [0.2, 0.25) is 0 Å². The molecule has 20 heavy (non-hydrogen) atoms. The van der Waals surface area contributed by atoms with Crippen LogP contribution >= 0.6 is 0 Å². The van der Waals surface area contributed by atoms with Gasteiger partial charge in [-0.3, -0.25) is 5.43 Å². The number of fused-ring (bicyclic) bond motifs is 1. The van der Waals surface area contributed by atoms with E-state index in [-0.39, 0.29) is 0 Å². The molecule has 0 aliphatic carbocycles. The van der Waals surface area contributed by atoms with Gasteiger partial charge in [-0.25, -0.2) is 10.2 Å². The van der Waals surface area contributed by atoms with Crippen LogP contribution in [-0.2, 0) is 11.3 Å². The quantitative estimate of drug-likeness (QED) is 0.829. The summed E-state index contributed by atoms with van der Waals surface area (Å²) in [5.74, 6) is 1.48. The van der Waals surface area contributed by atoms with Crippen molar-refractivity contribution >= 4 is 6.09 Å². The molecule has 0 aromatic heterocycles. The first-order valence-electron chi connectivity index (χ1n) is 6.54. The number of carbonyl (C=O) groups excluding carboxylic acids is 1. The van der Waals surface area contributed by atoms with Gasteiger partial charge in [0, 0.05) is 6.54 Å². The van der Waals surface area contributed by atoms with Gasteiger partial charge in [-0.15, -0.1) is 0 Å². The van der Waals surface area contributed by atoms with Gasteiger partial charge in [0.05, 0.1) is 0 Å². The molecule has 0 bridgehead atoms. The summed E-state index contributed by atoms with van der Waals surface area (Å²) in [5, 5.41) is 0. The molecule has 0 spiro atoms.